The number of anilines is 1. The molecule has 6 heteroatoms. The Hall–Kier alpha value is -1.07. The first kappa shape index (κ1) is 13.0. The number of carboxylic acids is 1. The lowest BCUT2D eigenvalue weighted by atomic mass is 10.1. The van der Waals surface area contributed by atoms with E-state index in [0.717, 1.165) is 0 Å². The topological polar surface area (TPSA) is 66.4 Å². The molecule has 0 aliphatic rings. The summed E-state index contributed by atoms with van der Waals surface area (Å²) in [5, 5.41) is 11.6. The minimum atomic E-state index is -1.17. The third-order valence-electron chi connectivity index (χ3n) is 1.95. The van der Waals surface area contributed by atoms with Gasteiger partial charge in [0.25, 0.3) is 0 Å². The van der Waals surface area contributed by atoms with Gasteiger partial charge in [-0.1, -0.05) is 11.6 Å². The van der Waals surface area contributed by atoms with Gasteiger partial charge in [-0.2, -0.15) is 0 Å². The van der Waals surface area contributed by atoms with E-state index in [0.29, 0.717) is 15.2 Å². The van der Waals surface area contributed by atoms with Crippen molar-refractivity contribution in [3.63, 3.8) is 0 Å². The van der Waals surface area contributed by atoms with E-state index < -0.39 is 17.8 Å². The van der Waals surface area contributed by atoms with Crippen LogP contribution in [-0.4, -0.2) is 17.0 Å². The molecule has 0 saturated carbocycles. The van der Waals surface area contributed by atoms with Crippen molar-refractivity contribution in [2.45, 2.75) is 6.92 Å². The van der Waals surface area contributed by atoms with Gasteiger partial charge in [0.05, 0.1) is 5.69 Å². The average Bonchev–Trinajstić information content (AvgIpc) is 2.22. The van der Waals surface area contributed by atoms with Gasteiger partial charge in [-0.25, -0.2) is 0 Å². The number of nitrogens with one attached hydrogen (secondary N) is 1. The van der Waals surface area contributed by atoms with Crippen molar-refractivity contribution in [3.8, 4) is 0 Å². The predicted molar refractivity (Wildman–Crippen MR) is 64.6 cm³/mol. The summed E-state index contributed by atoms with van der Waals surface area (Å²) in [6.45, 7) is 1.32. The van der Waals surface area contributed by atoms with E-state index in [2.05, 4.69) is 21.2 Å². The Bertz CT molecular complexity index is 436. The Morgan fingerprint density at radius 3 is 2.69 bits per heavy atom. The summed E-state index contributed by atoms with van der Waals surface area (Å²) in [5.74, 6) is -2.86. The maximum atomic E-state index is 11.5. The Morgan fingerprint density at radius 1 is 1.50 bits per heavy atom. The second kappa shape index (κ2) is 5.32. The van der Waals surface area contributed by atoms with Crippen molar-refractivity contribution in [1.82, 2.24) is 0 Å². The zero-order chi connectivity index (χ0) is 12.3. The van der Waals surface area contributed by atoms with Crippen molar-refractivity contribution < 1.29 is 14.7 Å². The highest BCUT2D eigenvalue weighted by Gasteiger charge is 2.21. The molecule has 1 unspecified atom stereocenters. The van der Waals surface area contributed by atoms with Crippen molar-refractivity contribution >= 4 is 45.1 Å². The van der Waals surface area contributed by atoms with Crippen LogP contribution in [0.2, 0.25) is 5.02 Å². The zero-order valence-corrected chi connectivity index (χ0v) is 10.7. The molecule has 16 heavy (non-hydrogen) atoms. The summed E-state index contributed by atoms with van der Waals surface area (Å²) in [4.78, 5) is 22.0. The highest BCUT2D eigenvalue weighted by atomic mass is 79.9. The lowest BCUT2D eigenvalue weighted by Crippen LogP contribution is -2.27. The number of benzene rings is 1. The number of carboxylic acid groups (broad SMARTS) is 1. The molecule has 0 saturated heterocycles. The molecule has 1 rings (SSSR count). The van der Waals surface area contributed by atoms with Gasteiger partial charge >= 0.3 is 5.97 Å². The fraction of sp³-hybridized carbons (Fsp3) is 0.200. The summed E-state index contributed by atoms with van der Waals surface area (Å²) in [6, 6.07) is 4.86. The second-order valence-electron chi connectivity index (χ2n) is 3.17. The van der Waals surface area contributed by atoms with Gasteiger partial charge in [-0.15, -0.1) is 0 Å². The van der Waals surface area contributed by atoms with E-state index >= 15 is 0 Å². The molecule has 2 N–H and O–H groups in total. The third-order valence-corrected chi connectivity index (χ3v) is 2.88. The lowest BCUT2D eigenvalue weighted by molar-refractivity contribution is -0.144. The summed E-state index contributed by atoms with van der Waals surface area (Å²) in [7, 11) is 0. The van der Waals surface area contributed by atoms with Crippen LogP contribution in [0.25, 0.3) is 0 Å². The van der Waals surface area contributed by atoms with Gasteiger partial charge in [-0.05, 0) is 41.1 Å². The molecule has 4 nitrogen and oxygen atoms in total. The standard InChI is InChI=1S/C10H9BrClNO3/c1-5(10(15)16)9(14)13-8-4-6(12)2-3-7(8)11/h2-5H,1H3,(H,13,14)(H,15,16). The minimum Gasteiger partial charge on any atom is -0.481 e. The Kier molecular flexibility index (Phi) is 4.32. The van der Waals surface area contributed by atoms with Crippen LogP contribution in [0, 0.1) is 5.92 Å². The molecule has 0 spiro atoms. The first-order chi connectivity index (χ1) is 7.41. The normalized spacial score (nSPS) is 11.9. The van der Waals surface area contributed by atoms with Crippen LogP contribution in [0.3, 0.4) is 0 Å². The molecule has 0 aromatic heterocycles. The largest absolute Gasteiger partial charge is 0.481 e. The van der Waals surface area contributed by atoms with Crippen LogP contribution in [0.4, 0.5) is 5.69 Å². The lowest BCUT2D eigenvalue weighted by Gasteiger charge is -2.10. The van der Waals surface area contributed by atoms with E-state index in [4.69, 9.17) is 16.7 Å². The second-order valence-corrected chi connectivity index (χ2v) is 4.46. The molecule has 1 aromatic rings. The van der Waals surface area contributed by atoms with E-state index in [1.54, 1.807) is 12.1 Å². The first-order valence-corrected chi connectivity index (χ1v) is 5.57. The molecule has 0 aliphatic heterocycles. The quantitative estimate of drug-likeness (QED) is 0.844. The summed E-state index contributed by atoms with van der Waals surface area (Å²) in [5.41, 5.74) is 0.450. The number of aliphatic carboxylic acids is 1. The highest BCUT2D eigenvalue weighted by Crippen LogP contribution is 2.26. The summed E-state index contributed by atoms with van der Waals surface area (Å²) >= 11 is 8.98. The van der Waals surface area contributed by atoms with E-state index in [1.807, 2.05) is 0 Å². The molecule has 0 fully saturated rings. The van der Waals surface area contributed by atoms with Crippen LogP contribution in [0.15, 0.2) is 22.7 Å². The Balaban J connectivity index is 2.84. The van der Waals surface area contributed by atoms with Crippen molar-refractivity contribution in [3.05, 3.63) is 27.7 Å². The van der Waals surface area contributed by atoms with Gasteiger partial charge in [0.15, 0.2) is 0 Å². The predicted octanol–water partition coefficient (Wildman–Crippen LogP) is 2.76. The third kappa shape index (κ3) is 3.21. The van der Waals surface area contributed by atoms with Crippen molar-refractivity contribution in [2.75, 3.05) is 5.32 Å². The minimum absolute atomic E-state index is 0.450. The highest BCUT2D eigenvalue weighted by molar-refractivity contribution is 9.10. The van der Waals surface area contributed by atoms with E-state index in [9.17, 15) is 9.59 Å². The van der Waals surface area contributed by atoms with Crippen molar-refractivity contribution in [2.24, 2.45) is 5.92 Å². The Labute approximate surface area is 106 Å². The molecular weight excluding hydrogens is 297 g/mol. The Morgan fingerprint density at radius 2 is 2.12 bits per heavy atom. The van der Waals surface area contributed by atoms with Gasteiger partial charge < -0.3 is 10.4 Å². The summed E-state index contributed by atoms with van der Waals surface area (Å²) in [6.07, 6.45) is 0. The number of rotatable bonds is 3. The fourth-order valence-electron chi connectivity index (χ4n) is 0.946. The molecular formula is C10H9BrClNO3. The average molecular weight is 307 g/mol. The van der Waals surface area contributed by atoms with Crippen LogP contribution >= 0.6 is 27.5 Å². The van der Waals surface area contributed by atoms with Gasteiger partial charge in [0, 0.05) is 9.50 Å². The van der Waals surface area contributed by atoms with E-state index in [-0.39, 0.29) is 0 Å². The van der Waals surface area contributed by atoms with Crippen LogP contribution in [-0.2, 0) is 9.59 Å². The number of carbonyl (C=O) groups excluding carboxylic acids is 1. The van der Waals surface area contributed by atoms with Gasteiger partial charge in [0.2, 0.25) is 5.91 Å². The molecule has 0 heterocycles. The smallest absolute Gasteiger partial charge is 0.315 e. The molecule has 1 atom stereocenters. The molecule has 0 aliphatic carbocycles. The SMILES string of the molecule is CC(C(=O)O)C(=O)Nc1cc(Cl)ccc1Br. The monoisotopic (exact) mass is 305 g/mol. The fourth-order valence-corrected chi connectivity index (χ4v) is 1.46. The number of amides is 1. The number of hydrogen-bond donors (Lipinski definition) is 2. The number of halogens is 2. The molecule has 1 amide bonds. The summed E-state index contributed by atoms with van der Waals surface area (Å²) < 4.78 is 0.642. The molecule has 86 valence electrons. The van der Waals surface area contributed by atoms with Gasteiger partial charge in [-0.3, -0.25) is 9.59 Å². The maximum absolute atomic E-state index is 11.5. The number of hydrogen-bond acceptors (Lipinski definition) is 2. The van der Waals surface area contributed by atoms with Crippen LogP contribution < -0.4 is 5.32 Å². The van der Waals surface area contributed by atoms with Crippen LogP contribution in [0.5, 0.6) is 0 Å². The van der Waals surface area contributed by atoms with Crippen LogP contribution in [0.1, 0.15) is 6.92 Å². The molecule has 1 aromatic carbocycles. The van der Waals surface area contributed by atoms with E-state index in [1.165, 1.54) is 13.0 Å². The first-order valence-electron chi connectivity index (χ1n) is 4.40. The molecule has 0 radical (unpaired) electrons. The molecule has 0 bridgehead atoms. The van der Waals surface area contributed by atoms with Gasteiger partial charge in [0.1, 0.15) is 5.92 Å². The maximum Gasteiger partial charge on any atom is 0.315 e. The zero-order valence-electron chi connectivity index (χ0n) is 8.33. The number of carbonyl (C=O) groups is 2. The van der Waals surface area contributed by atoms with Crippen molar-refractivity contribution in [1.29, 1.82) is 0 Å².